The highest BCUT2D eigenvalue weighted by Crippen LogP contribution is 2.37. The summed E-state index contributed by atoms with van der Waals surface area (Å²) in [5, 5.41) is 15.3. The topological polar surface area (TPSA) is 61.4 Å². The summed E-state index contributed by atoms with van der Waals surface area (Å²) in [6, 6.07) is 6.08. The molecule has 0 bridgehead atoms. The predicted octanol–water partition coefficient (Wildman–Crippen LogP) is 3.37. The molecule has 1 aliphatic carbocycles. The molecule has 128 valence electrons. The molecule has 5 heteroatoms. The second-order valence-electron chi connectivity index (χ2n) is 6.76. The summed E-state index contributed by atoms with van der Waals surface area (Å²) in [6.45, 7) is 4.27. The fourth-order valence-electron chi connectivity index (χ4n) is 3.04. The van der Waals surface area contributed by atoms with Gasteiger partial charge in [0, 0.05) is 6.54 Å². The molecule has 1 aromatic carbocycles. The number of amides is 2. The van der Waals surface area contributed by atoms with Gasteiger partial charge in [-0.25, -0.2) is 9.18 Å². The van der Waals surface area contributed by atoms with Crippen LogP contribution in [0.5, 0.6) is 0 Å². The third kappa shape index (κ3) is 5.50. The van der Waals surface area contributed by atoms with Crippen LogP contribution in [0.15, 0.2) is 24.3 Å². The second-order valence-corrected chi connectivity index (χ2v) is 6.76. The lowest BCUT2D eigenvalue weighted by molar-refractivity contribution is 0.162. The molecular weight excluding hydrogens is 295 g/mol. The van der Waals surface area contributed by atoms with E-state index in [-0.39, 0.29) is 29.9 Å². The standard InChI is InChI=1S/C18H27FN2O2/c1-12(10-13(2)22)11-20-18(23)21-17(14-4-3-5-14)15-6-8-16(19)9-7-15/h6-9,12-14,17,22H,3-5,10-11H2,1-2H3,(H2,20,21,23). The maximum Gasteiger partial charge on any atom is 0.315 e. The molecule has 0 aromatic heterocycles. The highest BCUT2D eigenvalue weighted by atomic mass is 19.1. The number of halogens is 1. The van der Waals surface area contributed by atoms with Crippen LogP contribution < -0.4 is 10.6 Å². The molecule has 23 heavy (non-hydrogen) atoms. The lowest BCUT2D eigenvalue weighted by Gasteiger charge is -2.34. The van der Waals surface area contributed by atoms with Gasteiger partial charge >= 0.3 is 6.03 Å². The van der Waals surface area contributed by atoms with Gasteiger partial charge in [0.15, 0.2) is 0 Å². The van der Waals surface area contributed by atoms with Gasteiger partial charge in [-0.1, -0.05) is 25.5 Å². The normalized spacial score (nSPS) is 18.6. The Hall–Kier alpha value is -1.62. The first-order valence-electron chi connectivity index (χ1n) is 8.43. The number of aliphatic hydroxyl groups is 1. The Labute approximate surface area is 137 Å². The van der Waals surface area contributed by atoms with Crippen molar-refractivity contribution in [3.8, 4) is 0 Å². The summed E-state index contributed by atoms with van der Waals surface area (Å²) in [4.78, 5) is 12.2. The lowest BCUT2D eigenvalue weighted by atomic mass is 9.77. The zero-order chi connectivity index (χ0) is 16.8. The van der Waals surface area contributed by atoms with E-state index in [1.165, 1.54) is 18.6 Å². The maximum atomic E-state index is 13.1. The number of benzene rings is 1. The van der Waals surface area contributed by atoms with Crippen LogP contribution >= 0.6 is 0 Å². The molecule has 2 amide bonds. The van der Waals surface area contributed by atoms with Gasteiger partial charge in [-0.3, -0.25) is 0 Å². The first-order chi connectivity index (χ1) is 11.0. The number of carbonyl (C=O) groups excluding carboxylic acids is 1. The first kappa shape index (κ1) is 17.7. The van der Waals surface area contributed by atoms with Crippen molar-refractivity contribution in [1.29, 1.82) is 0 Å². The van der Waals surface area contributed by atoms with E-state index >= 15 is 0 Å². The van der Waals surface area contributed by atoms with Crippen molar-refractivity contribution in [3.05, 3.63) is 35.6 Å². The van der Waals surface area contributed by atoms with Gasteiger partial charge in [-0.2, -0.15) is 0 Å². The molecule has 3 unspecified atom stereocenters. The number of hydrogen-bond acceptors (Lipinski definition) is 2. The summed E-state index contributed by atoms with van der Waals surface area (Å²) in [7, 11) is 0. The summed E-state index contributed by atoms with van der Waals surface area (Å²) in [5.74, 6) is 0.368. The molecule has 0 aliphatic heterocycles. The Morgan fingerprint density at radius 3 is 2.48 bits per heavy atom. The van der Waals surface area contributed by atoms with Crippen LogP contribution in [0.2, 0.25) is 0 Å². The fourth-order valence-corrected chi connectivity index (χ4v) is 3.04. The molecular formula is C18H27FN2O2. The van der Waals surface area contributed by atoms with E-state index in [0.29, 0.717) is 18.9 Å². The molecule has 0 heterocycles. The van der Waals surface area contributed by atoms with Crippen LogP contribution in [0.4, 0.5) is 9.18 Å². The number of aliphatic hydroxyl groups excluding tert-OH is 1. The smallest absolute Gasteiger partial charge is 0.315 e. The highest BCUT2D eigenvalue weighted by molar-refractivity contribution is 5.74. The molecule has 4 nitrogen and oxygen atoms in total. The molecule has 2 rings (SSSR count). The zero-order valence-electron chi connectivity index (χ0n) is 13.9. The minimum Gasteiger partial charge on any atom is -0.393 e. The Kier molecular flexibility index (Phi) is 6.39. The van der Waals surface area contributed by atoms with E-state index in [4.69, 9.17) is 0 Å². The van der Waals surface area contributed by atoms with Crippen LogP contribution in [-0.4, -0.2) is 23.8 Å². The molecule has 3 atom stereocenters. The van der Waals surface area contributed by atoms with Gasteiger partial charge in [0.25, 0.3) is 0 Å². The lowest BCUT2D eigenvalue weighted by Crippen LogP contribution is -2.43. The van der Waals surface area contributed by atoms with Crippen molar-refractivity contribution in [2.24, 2.45) is 11.8 Å². The van der Waals surface area contributed by atoms with Gasteiger partial charge in [0.1, 0.15) is 5.82 Å². The minimum absolute atomic E-state index is 0.0728. The van der Waals surface area contributed by atoms with Crippen molar-refractivity contribution in [1.82, 2.24) is 10.6 Å². The van der Waals surface area contributed by atoms with E-state index in [9.17, 15) is 14.3 Å². The molecule has 1 saturated carbocycles. The Bertz CT molecular complexity index is 500. The molecule has 1 aromatic rings. The van der Waals surface area contributed by atoms with Crippen LogP contribution in [0.1, 0.15) is 51.1 Å². The first-order valence-corrected chi connectivity index (χ1v) is 8.43. The molecule has 0 radical (unpaired) electrons. The fraction of sp³-hybridized carbons (Fsp3) is 0.611. The molecule has 0 saturated heterocycles. The van der Waals surface area contributed by atoms with E-state index < -0.39 is 0 Å². The molecule has 1 aliphatic rings. The number of nitrogens with one attached hydrogen (secondary N) is 2. The van der Waals surface area contributed by atoms with Gasteiger partial charge in [0.05, 0.1) is 12.1 Å². The zero-order valence-corrected chi connectivity index (χ0v) is 13.9. The predicted molar refractivity (Wildman–Crippen MR) is 88.5 cm³/mol. The summed E-state index contributed by atoms with van der Waals surface area (Å²) >= 11 is 0. The number of rotatable bonds is 7. The Balaban J connectivity index is 1.90. The molecule has 3 N–H and O–H groups in total. The third-order valence-electron chi connectivity index (χ3n) is 4.49. The number of hydrogen-bond donors (Lipinski definition) is 3. The summed E-state index contributed by atoms with van der Waals surface area (Å²) < 4.78 is 13.1. The van der Waals surface area contributed by atoms with Gasteiger partial charge in [-0.05, 0) is 55.7 Å². The Morgan fingerprint density at radius 2 is 1.96 bits per heavy atom. The summed E-state index contributed by atoms with van der Waals surface area (Å²) in [6.07, 6.45) is 3.64. The van der Waals surface area contributed by atoms with E-state index in [1.807, 2.05) is 6.92 Å². The molecule has 1 fully saturated rings. The quantitative estimate of drug-likeness (QED) is 0.721. The molecule has 0 spiro atoms. The second kappa shape index (κ2) is 8.29. The minimum atomic E-state index is -0.364. The average molecular weight is 322 g/mol. The van der Waals surface area contributed by atoms with Crippen LogP contribution in [0.3, 0.4) is 0 Å². The number of urea groups is 1. The van der Waals surface area contributed by atoms with Crippen LogP contribution in [0.25, 0.3) is 0 Å². The largest absolute Gasteiger partial charge is 0.393 e. The maximum absolute atomic E-state index is 13.1. The van der Waals surface area contributed by atoms with Crippen LogP contribution in [-0.2, 0) is 0 Å². The van der Waals surface area contributed by atoms with E-state index in [1.54, 1.807) is 19.1 Å². The van der Waals surface area contributed by atoms with Crippen LogP contribution in [0, 0.1) is 17.7 Å². The van der Waals surface area contributed by atoms with Crippen molar-refractivity contribution < 1.29 is 14.3 Å². The van der Waals surface area contributed by atoms with E-state index in [0.717, 1.165) is 18.4 Å². The number of carbonyl (C=O) groups is 1. The SMILES string of the molecule is CC(O)CC(C)CNC(=O)NC(c1ccc(F)cc1)C1CCC1. The van der Waals surface area contributed by atoms with Crippen molar-refractivity contribution in [3.63, 3.8) is 0 Å². The summed E-state index contributed by atoms with van der Waals surface area (Å²) in [5.41, 5.74) is 0.947. The monoisotopic (exact) mass is 322 g/mol. The van der Waals surface area contributed by atoms with Gasteiger partial charge in [0.2, 0.25) is 0 Å². The third-order valence-corrected chi connectivity index (χ3v) is 4.49. The van der Waals surface area contributed by atoms with Gasteiger partial charge in [-0.15, -0.1) is 0 Å². The highest BCUT2D eigenvalue weighted by Gasteiger charge is 2.29. The van der Waals surface area contributed by atoms with Gasteiger partial charge < -0.3 is 15.7 Å². The van der Waals surface area contributed by atoms with Crippen molar-refractivity contribution in [2.75, 3.05) is 6.54 Å². The van der Waals surface area contributed by atoms with E-state index in [2.05, 4.69) is 10.6 Å². The van der Waals surface area contributed by atoms with Crippen molar-refractivity contribution in [2.45, 2.75) is 51.7 Å². The average Bonchev–Trinajstić information content (AvgIpc) is 2.43. The Morgan fingerprint density at radius 1 is 1.30 bits per heavy atom. The van der Waals surface area contributed by atoms with Crippen molar-refractivity contribution >= 4 is 6.03 Å².